The van der Waals surface area contributed by atoms with Gasteiger partial charge in [0, 0.05) is 32.2 Å². The Morgan fingerprint density at radius 2 is 1.79 bits per heavy atom. The summed E-state index contributed by atoms with van der Waals surface area (Å²) < 4.78 is 38.5. The lowest BCUT2D eigenvalue weighted by Crippen LogP contribution is -2.38. The van der Waals surface area contributed by atoms with Crippen molar-refractivity contribution in [3.05, 3.63) is 64.7 Å². The van der Waals surface area contributed by atoms with Gasteiger partial charge >= 0.3 is 12.2 Å². The Balaban J connectivity index is 1.80. The summed E-state index contributed by atoms with van der Waals surface area (Å²) in [5.41, 5.74) is -0.0850. The third-order valence-electron chi connectivity index (χ3n) is 3.79. The monoisotopic (exact) mass is 413 g/mol. The molecule has 0 unspecified atom stereocenters. The van der Waals surface area contributed by atoms with Crippen molar-refractivity contribution < 1.29 is 22.8 Å². The topological polar surface area (TPSA) is 61.4 Å². The van der Waals surface area contributed by atoms with Gasteiger partial charge in [-0.25, -0.2) is 4.79 Å². The zero-order chi connectivity index (χ0) is 20.7. The number of urea groups is 1. The zero-order valence-electron chi connectivity index (χ0n) is 15.0. The molecule has 2 rings (SSSR count). The predicted octanol–water partition coefficient (Wildman–Crippen LogP) is 4.53. The number of hydrogen-bond donors (Lipinski definition) is 2. The molecule has 0 fully saturated rings. The van der Waals surface area contributed by atoms with Crippen LogP contribution in [0.25, 0.3) is 0 Å². The lowest BCUT2D eigenvalue weighted by molar-refractivity contribution is -0.137. The number of amides is 3. The number of nitrogens with zero attached hydrogens (tertiary/aromatic N) is 1. The number of halogens is 4. The minimum atomic E-state index is -4.62. The largest absolute Gasteiger partial charge is 0.417 e. The lowest BCUT2D eigenvalue weighted by atomic mass is 10.2. The van der Waals surface area contributed by atoms with E-state index in [1.54, 1.807) is 7.05 Å². The highest BCUT2D eigenvalue weighted by molar-refractivity contribution is 6.31. The average molecular weight is 414 g/mol. The molecule has 28 heavy (non-hydrogen) atoms. The summed E-state index contributed by atoms with van der Waals surface area (Å²) in [7, 11) is 1.62. The quantitative estimate of drug-likeness (QED) is 0.731. The van der Waals surface area contributed by atoms with Gasteiger partial charge in [0.05, 0.1) is 10.6 Å². The molecule has 3 amide bonds. The van der Waals surface area contributed by atoms with Crippen molar-refractivity contribution in [2.45, 2.75) is 19.1 Å². The molecule has 0 atom stereocenters. The normalized spacial score (nSPS) is 11.0. The van der Waals surface area contributed by atoms with Gasteiger partial charge in [-0.05, 0) is 23.8 Å². The van der Waals surface area contributed by atoms with E-state index in [2.05, 4.69) is 10.6 Å². The second-order valence-corrected chi connectivity index (χ2v) is 6.47. The van der Waals surface area contributed by atoms with E-state index in [0.717, 1.165) is 17.7 Å². The molecular formula is C19H19ClF3N3O2. The predicted molar refractivity (Wildman–Crippen MR) is 101 cm³/mol. The highest BCUT2D eigenvalue weighted by Gasteiger charge is 2.33. The summed E-state index contributed by atoms with van der Waals surface area (Å²) >= 11 is 5.54. The van der Waals surface area contributed by atoms with Crippen LogP contribution >= 0.6 is 11.6 Å². The number of carbonyl (C=O) groups is 2. The minimum Gasteiger partial charge on any atom is -0.337 e. The van der Waals surface area contributed by atoms with Crippen molar-refractivity contribution in [1.82, 2.24) is 10.2 Å². The Labute approximate surface area is 165 Å². The van der Waals surface area contributed by atoms with E-state index in [4.69, 9.17) is 11.6 Å². The fraction of sp³-hybridized carbons (Fsp3) is 0.263. The highest BCUT2D eigenvalue weighted by Crippen LogP contribution is 2.36. The van der Waals surface area contributed by atoms with Gasteiger partial charge in [-0.2, -0.15) is 13.2 Å². The average Bonchev–Trinajstić information content (AvgIpc) is 2.63. The lowest BCUT2D eigenvalue weighted by Gasteiger charge is -2.18. The minimum absolute atomic E-state index is 0.0192. The van der Waals surface area contributed by atoms with Gasteiger partial charge in [0.1, 0.15) is 0 Å². The molecule has 0 spiro atoms. The number of rotatable bonds is 6. The van der Waals surface area contributed by atoms with E-state index in [-0.39, 0.29) is 24.7 Å². The van der Waals surface area contributed by atoms with Crippen molar-refractivity contribution in [3.8, 4) is 0 Å². The molecule has 0 radical (unpaired) electrons. The van der Waals surface area contributed by atoms with E-state index >= 15 is 0 Å². The number of hydrogen-bond acceptors (Lipinski definition) is 2. The number of benzene rings is 2. The summed E-state index contributed by atoms with van der Waals surface area (Å²) in [5.74, 6) is -0.526. The molecule has 0 aromatic heterocycles. The molecule has 5 nitrogen and oxygen atoms in total. The van der Waals surface area contributed by atoms with Crippen molar-refractivity contribution in [2.24, 2.45) is 0 Å². The first-order chi connectivity index (χ1) is 13.2. The van der Waals surface area contributed by atoms with Crippen LogP contribution in [-0.4, -0.2) is 30.4 Å². The van der Waals surface area contributed by atoms with Crippen LogP contribution in [0.5, 0.6) is 0 Å². The van der Waals surface area contributed by atoms with Crippen molar-refractivity contribution in [1.29, 1.82) is 0 Å². The number of anilines is 1. The van der Waals surface area contributed by atoms with E-state index in [0.29, 0.717) is 6.54 Å². The van der Waals surface area contributed by atoms with Crippen LogP contribution in [0.2, 0.25) is 5.02 Å². The van der Waals surface area contributed by atoms with E-state index in [9.17, 15) is 22.8 Å². The van der Waals surface area contributed by atoms with Gasteiger partial charge in [0.15, 0.2) is 0 Å². The zero-order valence-corrected chi connectivity index (χ0v) is 15.8. The maximum absolute atomic E-state index is 12.8. The molecule has 0 saturated heterocycles. The molecule has 0 saturated carbocycles. The maximum atomic E-state index is 12.8. The Kier molecular flexibility index (Phi) is 7.28. The van der Waals surface area contributed by atoms with Crippen LogP contribution in [0.3, 0.4) is 0 Å². The van der Waals surface area contributed by atoms with Crippen molar-refractivity contribution >= 4 is 29.2 Å². The SMILES string of the molecule is CN(Cc1ccccc1)C(=O)NCCC(=O)Nc1ccc(Cl)c(C(F)(F)F)c1. The first-order valence-electron chi connectivity index (χ1n) is 8.36. The molecule has 9 heteroatoms. The first kappa shape index (κ1) is 21.6. The van der Waals surface area contributed by atoms with Gasteiger partial charge in [-0.15, -0.1) is 0 Å². The highest BCUT2D eigenvalue weighted by atomic mass is 35.5. The van der Waals surface area contributed by atoms with Gasteiger partial charge in [0.25, 0.3) is 0 Å². The molecular weight excluding hydrogens is 395 g/mol. The summed E-state index contributed by atoms with van der Waals surface area (Å²) in [6.45, 7) is 0.452. The summed E-state index contributed by atoms with van der Waals surface area (Å²) in [6, 6.07) is 12.1. The molecule has 0 aliphatic rings. The van der Waals surface area contributed by atoms with Crippen LogP contribution in [0, 0.1) is 0 Å². The number of alkyl halides is 3. The standard InChI is InChI=1S/C19H19ClF3N3O2/c1-26(12-13-5-3-2-4-6-13)18(28)24-10-9-17(27)25-14-7-8-16(20)15(11-14)19(21,22)23/h2-8,11H,9-10,12H2,1H3,(H,24,28)(H,25,27). The smallest absolute Gasteiger partial charge is 0.337 e. The molecule has 0 bridgehead atoms. The molecule has 2 N–H and O–H groups in total. The van der Waals surface area contributed by atoms with Gasteiger partial charge < -0.3 is 15.5 Å². The molecule has 0 heterocycles. The molecule has 2 aromatic rings. The van der Waals surface area contributed by atoms with E-state index in [1.807, 2.05) is 30.3 Å². The molecule has 0 aliphatic carbocycles. The fourth-order valence-electron chi connectivity index (χ4n) is 2.39. The molecule has 0 aliphatic heterocycles. The molecule has 150 valence electrons. The number of carbonyl (C=O) groups excluding carboxylic acids is 2. The van der Waals surface area contributed by atoms with Crippen molar-refractivity contribution in [3.63, 3.8) is 0 Å². The van der Waals surface area contributed by atoms with Crippen LogP contribution in [-0.2, 0) is 17.5 Å². The Bertz CT molecular complexity index is 829. The van der Waals surface area contributed by atoms with Crippen LogP contribution in [0.1, 0.15) is 17.5 Å². The summed E-state index contributed by atoms with van der Waals surface area (Å²) in [4.78, 5) is 25.4. The second kappa shape index (κ2) is 9.45. The van der Waals surface area contributed by atoms with Crippen LogP contribution in [0.15, 0.2) is 48.5 Å². The van der Waals surface area contributed by atoms with Crippen LogP contribution in [0.4, 0.5) is 23.7 Å². The second-order valence-electron chi connectivity index (χ2n) is 6.06. The fourth-order valence-corrected chi connectivity index (χ4v) is 2.62. The van der Waals surface area contributed by atoms with Gasteiger partial charge in [-0.1, -0.05) is 41.9 Å². The first-order valence-corrected chi connectivity index (χ1v) is 8.74. The third kappa shape index (κ3) is 6.45. The molecule has 2 aromatic carbocycles. The van der Waals surface area contributed by atoms with E-state index < -0.39 is 22.7 Å². The van der Waals surface area contributed by atoms with E-state index in [1.165, 1.54) is 11.0 Å². The number of nitrogens with one attached hydrogen (secondary N) is 2. The summed E-state index contributed by atoms with van der Waals surface area (Å²) in [5, 5.41) is 4.51. The van der Waals surface area contributed by atoms with Gasteiger partial charge in [0.2, 0.25) is 5.91 Å². The summed E-state index contributed by atoms with van der Waals surface area (Å²) in [6.07, 6.45) is -4.70. The van der Waals surface area contributed by atoms with Crippen molar-refractivity contribution in [2.75, 3.05) is 18.9 Å². The van der Waals surface area contributed by atoms with Crippen LogP contribution < -0.4 is 10.6 Å². The maximum Gasteiger partial charge on any atom is 0.417 e. The Morgan fingerprint density at radius 1 is 1.11 bits per heavy atom. The third-order valence-corrected chi connectivity index (χ3v) is 4.12. The Hall–Kier alpha value is -2.74. The van der Waals surface area contributed by atoms with Gasteiger partial charge in [-0.3, -0.25) is 4.79 Å². The Morgan fingerprint density at radius 3 is 2.43 bits per heavy atom.